The van der Waals surface area contributed by atoms with E-state index in [-0.39, 0.29) is 30.5 Å². The zero-order valence-electron chi connectivity index (χ0n) is 15.2. The van der Waals surface area contributed by atoms with Gasteiger partial charge in [-0.2, -0.15) is 13.2 Å². The van der Waals surface area contributed by atoms with Gasteiger partial charge < -0.3 is 4.90 Å². The molecule has 2 aromatic rings. The molecule has 0 atom stereocenters. The molecule has 0 N–H and O–H groups in total. The van der Waals surface area contributed by atoms with Crippen molar-refractivity contribution in [3.8, 4) is 0 Å². The van der Waals surface area contributed by atoms with Crippen LogP contribution in [0.3, 0.4) is 0 Å². The molecule has 1 aromatic heterocycles. The lowest BCUT2D eigenvalue weighted by atomic mass is 9.88. The zero-order valence-corrected chi connectivity index (χ0v) is 16.7. The van der Waals surface area contributed by atoms with E-state index in [1.165, 1.54) is 17.2 Å². The van der Waals surface area contributed by atoms with Gasteiger partial charge in [0.1, 0.15) is 0 Å². The maximum absolute atomic E-state index is 13.1. The van der Waals surface area contributed by atoms with Crippen LogP contribution < -0.4 is 0 Å². The third-order valence-electron chi connectivity index (χ3n) is 4.92. The summed E-state index contributed by atoms with van der Waals surface area (Å²) in [7, 11) is 0. The third-order valence-corrected chi connectivity index (χ3v) is 5.57. The summed E-state index contributed by atoms with van der Waals surface area (Å²) in [5.41, 5.74) is 0.00415. The number of Topliss-reactive ketones (excluding diaryl/α,β-unsaturated/α-hetero) is 1. The number of pyridine rings is 1. The Kier molecular flexibility index (Phi) is 6.49. The molecule has 4 nitrogen and oxygen atoms in total. The standard InChI is InChI=1S/C20H17Cl2F3N2O2/c21-13-4-5-14(26-11-13)10-17(28)19(29)27-8-6-12(7-9-27)15-2-1-3-16(18(15)22)20(23,24)25/h1-5,11-12H,6-10H2. The van der Waals surface area contributed by atoms with Gasteiger partial charge in [0.05, 0.1) is 22.0 Å². The van der Waals surface area contributed by atoms with E-state index >= 15 is 0 Å². The highest BCUT2D eigenvalue weighted by atomic mass is 35.5. The van der Waals surface area contributed by atoms with Gasteiger partial charge in [0.15, 0.2) is 0 Å². The summed E-state index contributed by atoms with van der Waals surface area (Å²) in [5, 5.41) is 0.137. The lowest BCUT2D eigenvalue weighted by Crippen LogP contribution is -2.42. The van der Waals surface area contributed by atoms with Crippen LogP contribution in [-0.2, 0) is 22.2 Å². The topological polar surface area (TPSA) is 50.3 Å². The van der Waals surface area contributed by atoms with Gasteiger partial charge in [-0.25, -0.2) is 0 Å². The second kappa shape index (κ2) is 8.71. The van der Waals surface area contributed by atoms with Gasteiger partial charge in [-0.3, -0.25) is 14.6 Å². The molecule has 1 fully saturated rings. The Balaban J connectivity index is 1.62. The van der Waals surface area contributed by atoms with Crippen molar-refractivity contribution in [3.05, 3.63) is 63.4 Å². The molecule has 2 heterocycles. The van der Waals surface area contributed by atoms with Gasteiger partial charge in [0, 0.05) is 25.0 Å². The first-order valence-corrected chi connectivity index (χ1v) is 9.70. The molecule has 9 heteroatoms. The molecule has 154 valence electrons. The van der Waals surface area contributed by atoms with E-state index in [0.29, 0.717) is 29.1 Å². The van der Waals surface area contributed by atoms with Gasteiger partial charge in [0.25, 0.3) is 5.91 Å². The van der Waals surface area contributed by atoms with Crippen LogP contribution >= 0.6 is 23.2 Å². The highest BCUT2D eigenvalue weighted by Gasteiger charge is 2.35. The van der Waals surface area contributed by atoms with Crippen molar-refractivity contribution < 1.29 is 22.8 Å². The number of hydrogen-bond donors (Lipinski definition) is 0. The number of nitrogens with zero attached hydrogens (tertiary/aromatic N) is 2. The summed E-state index contributed by atoms with van der Waals surface area (Å²) in [6.45, 7) is 0.547. The van der Waals surface area contributed by atoms with E-state index in [9.17, 15) is 22.8 Å². The molecule has 0 saturated carbocycles. The highest BCUT2D eigenvalue weighted by Crippen LogP contribution is 2.40. The van der Waals surface area contributed by atoms with Gasteiger partial charge in [-0.05, 0) is 42.5 Å². The van der Waals surface area contributed by atoms with Crippen LogP contribution in [0.1, 0.15) is 35.6 Å². The number of alkyl halides is 3. The minimum atomic E-state index is -4.52. The van der Waals surface area contributed by atoms with Crippen molar-refractivity contribution >= 4 is 34.9 Å². The van der Waals surface area contributed by atoms with Crippen molar-refractivity contribution in [1.29, 1.82) is 0 Å². The van der Waals surface area contributed by atoms with Gasteiger partial charge in [0.2, 0.25) is 5.78 Å². The summed E-state index contributed by atoms with van der Waals surface area (Å²) in [6, 6.07) is 7.04. The van der Waals surface area contributed by atoms with Crippen LogP contribution in [0.25, 0.3) is 0 Å². The minimum absolute atomic E-state index is 0.130. The third kappa shape index (κ3) is 5.08. The first-order valence-electron chi connectivity index (χ1n) is 8.95. The summed E-state index contributed by atoms with van der Waals surface area (Å²) in [4.78, 5) is 30.1. The van der Waals surface area contributed by atoms with Crippen molar-refractivity contribution in [2.75, 3.05) is 13.1 Å². The average molecular weight is 445 g/mol. The van der Waals surface area contributed by atoms with E-state index in [1.807, 2.05) is 0 Å². The number of likely N-dealkylation sites (tertiary alicyclic amines) is 1. The van der Waals surface area contributed by atoms with Gasteiger partial charge in [-0.1, -0.05) is 35.3 Å². The number of carbonyl (C=O) groups excluding carboxylic acids is 2. The summed E-state index contributed by atoms with van der Waals surface area (Å²) in [5.74, 6) is -1.41. The average Bonchev–Trinajstić information content (AvgIpc) is 2.68. The predicted octanol–water partition coefficient (Wildman–Crippen LogP) is 4.93. The maximum atomic E-state index is 13.1. The van der Waals surface area contributed by atoms with Crippen LogP contribution in [0.15, 0.2) is 36.5 Å². The molecule has 0 unspecified atom stereocenters. The zero-order chi connectivity index (χ0) is 21.2. The number of benzene rings is 1. The molecule has 1 aromatic carbocycles. The molecule has 0 bridgehead atoms. The number of aromatic nitrogens is 1. The van der Waals surface area contributed by atoms with E-state index in [1.54, 1.807) is 18.2 Å². The normalized spacial score (nSPS) is 15.4. The van der Waals surface area contributed by atoms with Gasteiger partial charge in [-0.15, -0.1) is 0 Å². The van der Waals surface area contributed by atoms with Gasteiger partial charge >= 0.3 is 6.18 Å². The van der Waals surface area contributed by atoms with Crippen LogP contribution in [-0.4, -0.2) is 34.7 Å². The van der Waals surface area contributed by atoms with Crippen molar-refractivity contribution in [3.63, 3.8) is 0 Å². The van der Waals surface area contributed by atoms with Crippen molar-refractivity contribution in [2.45, 2.75) is 31.4 Å². The largest absolute Gasteiger partial charge is 0.417 e. The van der Waals surface area contributed by atoms with Crippen LogP contribution in [0.4, 0.5) is 13.2 Å². The molecule has 0 radical (unpaired) electrons. The second-order valence-electron chi connectivity index (χ2n) is 6.84. The highest BCUT2D eigenvalue weighted by molar-refractivity contribution is 6.36. The Labute approximate surface area is 175 Å². The smallest absolute Gasteiger partial charge is 0.336 e. The van der Waals surface area contributed by atoms with Crippen LogP contribution in [0.2, 0.25) is 10.0 Å². The first kappa shape index (κ1) is 21.6. The fourth-order valence-corrected chi connectivity index (χ4v) is 3.90. The van der Waals surface area contributed by atoms with E-state index in [2.05, 4.69) is 4.98 Å². The first-order chi connectivity index (χ1) is 13.7. The Morgan fingerprint density at radius 1 is 1.10 bits per heavy atom. The maximum Gasteiger partial charge on any atom is 0.417 e. The molecule has 29 heavy (non-hydrogen) atoms. The molecular weight excluding hydrogens is 428 g/mol. The number of hydrogen-bond acceptors (Lipinski definition) is 3. The Hall–Kier alpha value is -2.12. The lowest BCUT2D eigenvalue weighted by molar-refractivity contribution is -0.145. The number of amides is 1. The molecule has 3 rings (SSSR count). The summed E-state index contributed by atoms with van der Waals surface area (Å²) in [6.07, 6.45) is -2.39. The minimum Gasteiger partial charge on any atom is -0.336 e. The molecule has 0 spiro atoms. The number of piperidine rings is 1. The quantitative estimate of drug-likeness (QED) is 0.628. The van der Waals surface area contributed by atoms with E-state index in [4.69, 9.17) is 23.2 Å². The molecule has 1 aliphatic heterocycles. The molecule has 0 aliphatic carbocycles. The second-order valence-corrected chi connectivity index (χ2v) is 7.66. The number of carbonyl (C=O) groups is 2. The van der Waals surface area contributed by atoms with E-state index in [0.717, 1.165) is 6.07 Å². The molecule has 1 aliphatic rings. The Bertz CT molecular complexity index is 909. The molecular formula is C20H17Cl2F3N2O2. The fraction of sp³-hybridized carbons (Fsp3) is 0.350. The fourth-order valence-electron chi connectivity index (χ4n) is 3.41. The van der Waals surface area contributed by atoms with Crippen LogP contribution in [0.5, 0.6) is 0 Å². The molecule has 1 amide bonds. The lowest BCUT2D eigenvalue weighted by Gasteiger charge is -2.32. The van der Waals surface area contributed by atoms with Crippen molar-refractivity contribution in [2.24, 2.45) is 0 Å². The van der Waals surface area contributed by atoms with Crippen molar-refractivity contribution in [1.82, 2.24) is 9.88 Å². The predicted molar refractivity (Wildman–Crippen MR) is 103 cm³/mol. The Morgan fingerprint density at radius 3 is 2.38 bits per heavy atom. The number of rotatable bonds is 4. The van der Waals surface area contributed by atoms with E-state index < -0.39 is 23.4 Å². The summed E-state index contributed by atoms with van der Waals surface area (Å²) < 4.78 is 39.2. The number of halogens is 5. The number of ketones is 1. The SMILES string of the molecule is O=C(Cc1ccc(Cl)cn1)C(=O)N1CCC(c2cccc(C(F)(F)F)c2Cl)CC1. The monoisotopic (exact) mass is 444 g/mol. The molecule has 1 saturated heterocycles. The van der Waals surface area contributed by atoms with Crippen LogP contribution in [0, 0.1) is 0 Å². The Morgan fingerprint density at radius 2 is 1.79 bits per heavy atom. The summed E-state index contributed by atoms with van der Waals surface area (Å²) >= 11 is 11.8.